The van der Waals surface area contributed by atoms with Gasteiger partial charge < -0.3 is 10.1 Å². The van der Waals surface area contributed by atoms with Gasteiger partial charge in [-0.1, -0.05) is 48.5 Å². The number of nitrogens with zero attached hydrogens (tertiary/aromatic N) is 3. The smallest absolute Gasteiger partial charge is 0.240 e. The minimum Gasteiger partial charge on any atom is -0.385 e. The molecule has 1 N–H and O–H groups in total. The highest BCUT2D eigenvalue weighted by Gasteiger charge is 2.53. The molecule has 1 saturated heterocycles. The van der Waals surface area contributed by atoms with Gasteiger partial charge in [0.05, 0.1) is 23.3 Å². The third kappa shape index (κ3) is 5.17. The van der Waals surface area contributed by atoms with Gasteiger partial charge in [-0.3, -0.25) is 19.3 Å². The number of nitrogens with one attached hydrogen (secondary N) is 1. The molecule has 0 radical (unpaired) electrons. The third-order valence-electron chi connectivity index (χ3n) is 6.43. The Balaban J connectivity index is 1.51. The number of amides is 3. The number of carbonyl (C=O) groups excluding carboxylic acids is 3. The molecule has 8 nitrogen and oxygen atoms in total. The number of hydrogen-bond donors (Lipinski definition) is 1. The molecule has 1 aliphatic heterocycles. The average Bonchev–Trinajstić information content (AvgIpc) is 3.45. The highest BCUT2D eigenvalue weighted by atomic mass is 16.5. The van der Waals surface area contributed by atoms with E-state index in [4.69, 9.17) is 4.74 Å². The molecule has 2 atom stereocenters. The Labute approximate surface area is 204 Å². The Bertz CT molecular complexity index is 1180. The lowest BCUT2D eigenvalue weighted by molar-refractivity contribution is -0.141. The predicted molar refractivity (Wildman–Crippen MR) is 131 cm³/mol. The quantitative estimate of drug-likeness (QED) is 0.360. The zero-order chi connectivity index (χ0) is 24.8. The minimum atomic E-state index is -1.22. The monoisotopic (exact) mass is 474 g/mol. The van der Waals surface area contributed by atoms with Crippen LogP contribution >= 0.6 is 0 Å². The second kappa shape index (κ2) is 10.7. The molecular weight excluding hydrogens is 444 g/mol. The molecule has 8 heteroatoms. The lowest BCUT2D eigenvalue weighted by Crippen LogP contribution is -2.43. The summed E-state index contributed by atoms with van der Waals surface area (Å²) in [4.78, 5) is 40.9. The van der Waals surface area contributed by atoms with Crippen molar-refractivity contribution < 1.29 is 19.1 Å². The second-order valence-electron chi connectivity index (χ2n) is 8.84. The van der Waals surface area contributed by atoms with Crippen molar-refractivity contribution in [1.29, 1.82) is 0 Å². The van der Waals surface area contributed by atoms with Crippen molar-refractivity contribution >= 4 is 17.7 Å². The van der Waals surface area contributed by atoms with Crippen molar-refractivity contribution in [3.63, 3.8) is 0 Å². The van der Waals surface area contributed by atoms with Crippen molar-refractivity contribution in [2.24, 2.45) is 0 Å². The molecule has 0 unspecified atom stereocenters. The standard InChI is InChI=1S/C27H30N4O4/c1-20(21-18-28-31(19-21)23-12-7-4-8-13-23)29-24(32)16-27(22-10-5-3-6-11-22)17-25(33)30(26(27)34)14-9-15-35-2/h3-8,10-13,18-20H,9,14-17H2,1-2H3,(H,29,32)/t20-,27+/m1/s1. The molecule has 182 valence electrons. The van der Waals surface area contributed by atoms with Crippen LogP contribution < -0.4 is 5.32 Å². The van der Waals surface area contributed by atoms with Gasteiger partial charge in [0.1, 0.15) is 0 Å². The number of hydrogen-bond acceptors (Lipinski definition) is 5. The van der Waals surface area contributed by atoms with Crippen LogP contribution in [-0.2, 0) is 24.5 Å². The van der Waals surface area contributed by atoms with E-state index in [0.717, 1.165) is 11.3 Å². The normalized spacial score (nSPS) is 18.6. The molecule has 0 bridgehead atoms. The summed E-state index contributed by atoms with van der Waals surface area (Å²) in [5.41, 5.74) is 1.21. The van der Waals surface area contributed by atoms with E-state index in [-0.39, 0.29) is 43.1 Å². The van der Waals surface area contributed by atoms with Crippen LogP contribution in [0.2, 0.25) is 0 Å². The number of para-hydroxylation sites is 1. The number of aromatic nitrogens is 2. The predicted octanol–water partition coefficient (Wildman–Crippen LogP) is 3.17. The zero-order valence-corrected chi connectivity index (χ0v) is 20.0. The summed E-state index contributed by atoms with van der Waals surface area (Å²) in [6.07, 6.45) is 3.99. The lowest BCUT2D eigenvalue weighted by Gasteiger charge is -2.27. The van der Waals surface area contributed by atoms with Gasteiger partial charge in [-0.05, 0) is 31.0 Å². The first kappa shape index (κ1) is 24.3. The second-order valence-corrected chi connectivity index (χ2v) is 8.84. The van der Waals surface area contributed by atoms with Gasteiger partial charge in [-0.2, -0.15) is 5.10 Å². The van der Waals surface area contributed by atoms with Gasteiger partial charge in [0.25, 0.3) is 0 Å². The number of ether oxygens (including phenoxy) is 1. The van der Waals surface area contributed by atoms with Crippen LogP contribution in [0, 0.1) is 0 Å². The van der Waals surface area contributed by atoms with Crippen molar-refractivity contribution in [2.45, 2.75) is 37.6 Å². The lowest BCUT2D eigenvalue weighted by atomic mass is 9.75. The van der Waals surface area contributed by atoms with E-state index < -0.39 is 5.41 Å². The summed E-state index contributed by atoms with van der Waals surface area (Å²) in [6, 6.07) is 18.5. The summed E-state index contributed by atoms with van der Waals surface area (Å²) in [5.74, 6) is -0.891. The van der Waals surface area contributed by atoms with Gasteiger partial charge in [0, 0.05) is 44.9 Å². The summed E-state index contributed by atoms with van der Waals surface area (Å²) in [7, 11) is 1.58. The van der Waals surface area contributed by atoms with E-state index >= 15 is 0 Å². The van der Waals surface area contributed by atoms with E-state index in [2.05, 4.69) is 10.4 Å². The fraction of sp³-hybridized carbons (Fsp3) is 0.333. The highest BCUT2D eigenvalue weighted by Crippen LogP contribution is 2.40. The van der Waals surface area contributed by atoms with Crippen LogP contribution in [0.3, 0.4) is 0 Å². The molecule has 1 aliphatic rings. The van der Waals surface area contributed by atoms with Gasteiger partial charge in [0.15, 0.2) is 0 Å². The summed E-state index contributed by atoms with van der Waals surface area (Å²) in [5, 5.41) is 7.39. The maximum atomic E-state index is 13.6. The molecule has 0 spiro atoms. The third-order valence-corrected chi connectivity index (χ3v) is 6.43. The number of methoxy groups -OCH3 is 1. The first-order valence-electron chi connectivity index (χ1n) is 11.7. The largest absolute Gasteiger partial charge is 0.385 e. The first-order valence-corrected chi connectivity index (χ1v) is 11.7. The van der Waals surface area contributed by atoms with E-state index in [1.165, 1.54) is 4.90 Å². The van der Waals surface area contributed by atoms with Crippen LogP contribution in [0.1, 0.15) is 43.4 Å². The number of benzene rings is 2. The fourth-order valence-electron chi connectivity index (χ4n) is 4.55. The van der Waals surface area contributed by atoms with Crippen LogP contribution in [0.15, 0.2) is 73.1 Å². The molecule has 2 heterocycles. The van der Waals surface area contributed by atoms with Gasteiger partial charge in [-0.15, -0.1) is 0 Å². The molecule has 0 aliphatic carbocycles. The number of imide groups is 1. The SMILES string of the molecule is COCCCN1C(=O)C[C@@](CC(=O)N[C@H](C)c2cnn(-c3ccccc3)c2)(c2ccccc2)C1=O. The Morgan fingerprint density at radius 1 is 1.11 bits per heavy atom. The van der Waals surface area contributed by atoms with Crippen molar-refractivity contribution in [3.8, 4) is 5.69 Å². The molecule has 2 aromatic carbocycles. The first-order chi connectivity index (χ1) is 16.9. The van der Waals surface area contributed by atoms with Crippen LogP contribution in [0.5, 0.6) is 0 Å². The van der Waals surface area contributed by atoms with Gasteiger partial charge in [0.2, 0.25) is 17.7 Å². The fourth-order valence-corrected chi connectivity index (χ4v) is 4.55. The number of rotatable bonds is 10. The Hall–Kier alpha value is -3.78. The summed E-state index contributed by atoms with van der Waals surface area (Å²) >= 11 is 0. The summed E-state index contributed by atoms with van der Waals surface area (Å²) in [6.45, 7) is 2.60. The van der Waals surface area contributed by atoms with Gasteiger partial charge in [-0.25, -0.2) is 4.68 Å². The van der Waals surface area contributed by atoms with Crippen LogP contribution in [0.4, 0.5) is 0 Å². The number of likely N-dealkylation sites (tertiary alicyclic amines) is 1. The minimum absolute atomic E-state index is 0.0312. The van der Waals surface area contributed by atoms with E-state index in [1.54, 1.807) is 18.0 Å². The molecule has 35 heavy (non-hydrogen) atoms. The molecule has 1 fully saturated rings. The van der Waals surface area contributed by atoms with Crippen molar-refractivity contribution in [3.05, 3.63) is 84.2 Å². The van der Waals surface area contributed by atoms with Gasteiger partial charge >= 0.3 is 0 Å². The Morgan fingerprint density at radius 3 is 2.49 bits per heavy atom. The van der Waals surface area contributed by atoms with Crippen molar-refractivity contribution in [2.75, 3.05) is 20.3 Å². The topological polar surface area (TPSA) is 93.5 Å². The molecule has 0 saturated carbocycles. The van der Waals surface area contributed by atoms with Crippen LogP contribution in [-0.4, -0.2) is 52.7 Å². The summed E-state index contributed by atoms with van der Waals surface area (Å²) < 4.78 is 6.82. The Kier molecular flexibility index (Phi) is 7.41. The van der Waals surface area contributed by atoms with E-state index in [9.17, 15) is 14.4 Å². The Morgan fingerprint density at radius 2 is 1.80 bits per heavy atom. The molecule has 4 rings (SSSR count). The molecular formula is C27H30N4O4. The van der Waals surface area contributed by atoms with Crippen LogP contribution in [0.25, 0.3) is 5.69 Å². The molecule has 1 aromatic heterocycles. The maximum Gasteiger partial charge on any atom is 0.240 e. The van der Waals surface area contributed by atoms with E-state index in [1.807, 2.05) is 73.8 Å². The number of carbonyl (C=O) groups is 3. The highest BCUT2D eigenvalue weighted by molar-refractivity contribution is 6.10. The van der Waals surface area contributed by atoms with E-state index in [0.29, 0.717) is 18.6 Å². The molecule has 3 aromatic rings. The van der Waals surface area contributed by atoms with Crippen molar-refractivity contribution in [1.82, 2.24) is 20.0 Å². The maximum absolute atomic E-state index is 13.6. The molecule has 3 amide bonds. The average molecular weight is 475 g/mol. The zero-order valence-electron chi connectivity index (χ0n) is 20.0.